The first kappa shape index (κ1) is 12.4. The van der Waals surface area contributed by atoms with E-state index in [-0.39, 0.29) is 0 Å². The van der Waals surface area contributed by atoms with Crippen LogP contribution in [-0.2, 0) is 6.42 Å². The van der Waals surface area contributed by atoms with E-state index in [1.807, 2.05) is 0 Å². The number of H-pyrrole nitrogens is 1. The lowest BCUT2D eigenvalue weighted by Gasteiger charge is -2.32. The summed E-state index contributed by atoms with van der Waals surface area (Å²) in [6, 6.07) is 0.306. The van der Waals surface area contributed by atoms with Crippen LogP contribution in [0.4, 0.5) is 5.95 Å². The second-order valence-electron chi connectivity index (χ2n) is 5.02. The average Bonchev–Trinajstić information content (AvgIpc) is 2.78. The summed E-state index contributed by atoms with van der Waals surface area (Å²) in [4.78, 5) is 6.78. The third-order valence-corrected chi connectivity index (χ3v) is 3.57. The molecule has 1 unspecified atom stereocenters. The van der Waals surface area contributed by atoms with Crippen molar-refractivity contribution in [1.82, 2.24) is 15.2 Å². The Kier molecular flexibility index (Phi) is 3.99. The van der Waals surface area contributed by atoms with Crippen LogP contribution in [0.2, 0.25) is 0 Å². The number of aryl methyl sites for hydroxylation is 1. The van der Waals surface area contributed by atoms with Crippen LogP contribution < -0.4 is 10.6 Å². The molecule has 5 nitrogen and oxygen atoms in total. The number of aromatic nitrogens is 3. The molecular formula is C12H23N5. The van der Waals surface area contributed by atoms with Crippen molar-refractivity contribution in [1.29, 1.82) is 0 Å². The Balaban J connectivity index is 1.91. The summed E-state index contributed by atoms with van der Waals surface area (Å²) in [6.45, 7) is 6.30. The van der Waals surface area contributed by atoms with E-state index in [2.05, 4.69) is 33.9 Å². The fraction of sp³-hybridized carbons (Fsp3) is 0.833. The van der Waals surface area contributed by atoms with Gasteiger partial charge in [0.25, 0.3) is 0 Å². The van der Waals surface area contributed by atoms with E-state index in [9.17, 15) is 0 Å². The number of rotatable bonds is 4. The Morgan fingerprint density at radius 2 is 2.18 bits per heavy atom. The lowest BCUT2D eigenvalue weighted by atomic mass is 9.91. The van der Waals surface area contributed by atoms with Crippen molar-refractivity contribution in [2.45, 2.75) is 45.6 Å². The van der Waals surface area contributed by atoms with Gasteiger partial charge in [-0.05, 0) is 32.1 Å². The molecule has 0 aliphatic carbocycles. The van der Waals surface area contributed by atoms with Crippen LogP contribution in [-0.4, -0.2) is 34.3 Å². The first-order valence-corrected chi connectivity index (χ1v) is 6.62. The number of nitrogens with one attached hydrogen (secondary N) is 1. The van der Waals surface area contributed by atoms with Gasteiger partial charge in [-0.1, -0.05) is 6.92 Å². The zero-order chi connectivity index (χ0) is 12.3. The van der Waals surface area contributed by atoms with E-state index >= 15 is 0 Å². The Hall–Kier alpha value is -1.10. The Morgan fingerprint density at radius 1 is 1.47 bits per heavy atom. The summed E-state index contributed by atoms with van der Waals surface area (Å²) in [5, 5.41) is 7.30. The van der Waals surface area contributed by atoms with Crippen LogP contribution in [0.15, 0.2) is 0 Å². The van der Waals surface area contributed by atoms with E-state index in [1.54, 1.807) is 0 Å². The molecule has 96 valence electrons. The summed E-state index contributed by atoms with van der Waals surface area (Å²) < 4.78 is 0. The van der Waals surface area contributed by atoms with Gasteiger partial charge in [0.05, 0.1) is 0 Å². The maximum Gasteiger partial charge on any atom is 0.244 e. The molecule has 0 aromatic carbocycles. The minimum atomic E-state index is 0.306. The molecule has 1 atom stereocenters. The van der Waals surface area contributed by atoms with Gasteiger partial charge in [0, 0.05) is 25.6 Å². The molecule has 2 heterocycles. The molecular weight excluding hydrogens is 214 g/mol. The molecule has 17 heavy (non-hydrogen) atoms. The van der Waals surface area contributed by atoms with E-state index in [1.165, 1.54) is 0 Å². The van der Waals surface area contributed by atoms with Crippen molar-refractivity contribution in [3.63, 3.8) is 0 Å². The van der Waals surface area contributed by atoms with Crippen molar-refractivity contribution >= 4 is 5.95 Å². The summed E-state index contributed by atoms with van der Waals surface area (Å²) in [5.74, 6) is 2.51. The number of nitrogens with zero attached hydrogens (tertiary/aromatic N) is 3. The Bertz CT molecular complexity index is 338. The minimum Gasteiger partial charge on any atom is -0.340 e. The van der Waals surface area contributed by atoms with E-state index < -0.39 is 0 Å². The average molecular weight is 237 g/mol. The highest BCUT2D eigenvalue weighted by atomic mass is 15.4. The van der Waals surface area contributed by atoms with Gasteiger partial charge in [0.1, 0.15) is 5.82 Å². The zero-order valence-electron chi connectivity index (χ0n) is 10.8. The highest BCUT2D eigenvalue weighted by Crippen LogP contribution is 2.22. The molecule has 0 saturated carbocycles. The van der Waals surface area contributed by atoms with Crippen LogP contribution in [0.3, 0.4) is 0 Å². The molecule has 1 aliphatic heterocycles. The normalized spacial score (nSPS) is 19.6. The molecule has 5 heteroatoms. The van der Waals surface area contributed by atoms with E-state index in [0.717, 1.165) is 50.5 Å². The molecule has 1 aliphatic rings. The second-order valence-corrected chi connectivity index (χ2v) is 5.02. The molecule has 0 radical (unpaired) electrons. The number of nitrogens with two attached hydrogens (primary N) is 1. The molecule has 0 spiro atoms. The first-order valence-electron chi connectivity index (χ1n) is 6.62. The molecule has 1 aromatic rings. The van der Waals surface area contributed by atoms with Gasteiger partial charge in [-0.2, -0.15) is 4.98 Å². The number of aromatic amines is 1. The first-order chi connectivity index (χ1) is 8.20. The van der Waals surface area contributed by atoms with Crippen LogP contribution in [0.5, 0.6) is 0 Å². The van der Waals surface area contributed by atoms with Crippen LogP contribution in [0.1, 0.15) is 38.9 Å². The summed E-state index contributed by atoms with van der Waals surface area (Å²) in [7, 11) is 0. The quantitative estimate of drug-likeness (QED) is 0.828. The smallest absolute Gasteiger partial charge is 0.244 e. The van der Waals surface area contributed by atoms with Crippen LogP contribution in [0.25, 0.3) is 0 Å². The topological polar surface area (TPSA) is 70.8 Å². The van der Waals surface area contributed by atoms with Gasteiger partial charge in [0.2, 0.25) is 5.95 Å². The van der Waals surface area contributed by atoms with Gasteiger partial charge in [-0.15, -0.1) is 5.10 Å². The molecule has 1 aromatic heterocycles. The predicted octanol–water partition coefficient (Wildman–Crippen LogP) is 1.32. The van der Waals surface area contributed by atoms with Gasteiger partial charge in [0.15, 0.2) is 0 Å². The maximum atomic E-state index is 5.94. The van der Waals surface area contributed by atoms with E-state index in [0.29, 0.717) is 12.0 Å². The summed E-state index contributed by atoms with van der Waals surface area (Å²) in [6.07, 6.45) is 4.37. The Morgan fingerprint density at radius 3 is 2.76 bits per heavy atom. The zero-order valence-corrected chi connectivity index (χ0v) is 10.8. The monoisotopic (exact) mass is 237 g/mol. The number of hydrogen-bond donors (Lipinski definition) is 2. The number of piperidine rings is 1. The Labute approximate surface area is 103 Å². The van der Waals surface area contributed by atoms with Crippen LogP contribution in [0, 0.1) is 5.92 Å². The molecule has 2 rings (SSSR count). The molecule has 1 saturated heterocycles. The SMILES string of the molecule is CCCc1nc(N2CCC(C(C)N)CC2)n[nH]1. The number of hydrogen-bond acceptors (Lipinski definition) is 4. The van der Waals surface area contributed by atoms with E-state index in [4.69, 9.17) is 5.73 Å². The highest BCUT2D eigenvalue weighted by molar-refractivity contribution is 5.29. The lowest BCUT2D eigenvalue weighted by molar-refractivity contribution is 0.352. The molecule has 0 amide bonds. The third kappa shape index (κ3) is 2.97. The van der Waals surface area contributed by atoms with Gasteiger partial charge >= 0.3 is 0 Å². The number of anilines is 1. The minimum absolute atomic E-state index is 0.306. The molecule has 3 N–H and O–H groups in total. The lowest BCUT2D eigenvalue weighted by Crippen LogP contribution is -2.40. The second kappa shape index (κ2) is 5.49. The fourth-order valence-corrected chi connectivity index (χ4v) is 2.40. The highest BCUT2D eigenvalue weighted by Gasteiger charge is 2.23. The maximum absolute atomic E-state index is 5.94. The third-order valence-electron chi connectivity index (χ3n) is 3.57. The van der Waals surface area contributed by atoms with Crippen molar-refractivity contribution in [2.75, 3.05) is 18.0 Å². The molecule has 1 fully saturated rings. The standard InChI is InChI=1S/C12H23N5/c1-3-4-11-14-12(16-15-11)17-7-5-10(6-8-17)9(2)13/h9-10H,3-8,13H2,1-2H3,(H,14,15,16). The van der Waals surface area contributed by atoms with Gasteiger partial charge in [-0.25, -0.2) is 0 Å². The summed E-state index contributed by atoms with van der Waals surface area (Å²) in [5.41, 5.74) is 5.94. The van der Waals surface area contributed by atoms with Crippen LogP contribution >= 0.6 is 0 Å². The largest absolute Gasteiger partial charge is 0.340 e. The van der Waals surface area contributed by atoms with Crippen molar-refractivity contribution in [2.24, 2.45) is 11.7 Å². The van der Waals surface area contributed by atoms with Crippen molar-refractivity contribution in [3.8, 4) is 0 Å². The van der Waals surface area contributed by atoms with Crippen molar-refractivity contribution in [3.05, 3.63) is 5.82 Å². The van der Waals surface area contributed by atoms with Crippen molar-refractivity contribution < 1.29 is 0 Å². The van der Waals surface area contributed by atoms with Gasteiger partial charge < -0.3 is 10.6 Å². The van der Waals surface area contributed by atoms with Gasteiger partial charge in [-0.3, -0.25) is 5.10 Å². The molecule has 0 bridgehead atoms. The fourth-order valence-electron chi connectivity index (χ4n) is 2.40. The predicted molar refractivity (Wildman–Crippen MR) is 69.0 cm³/mol. The summed E-state index contributed by atoms with van der Waals surface area (Å²) >= 11 is 0.